The van der Waals surface area contributed by atoms with E-state index in [0.29, 0.717) is 12.1 Å². The summed E-state index contributed by atoms with van der Waals surface area (Å²) in [6.45, 7) is 3.74. The van der Waals surface area contributed by atoms with E-state index in [2.05, 4.69) is 10.3 Å². The van der Waals surface area contributed by atoms with Crippen LogP contribution in [0.1, 0.15) is 47.8 Å². The van der Waals surface area contributed by atoms with Crippen molar-refractivity contribution in [2.45, 2.75) is 45.1 Å². The highest BCUT2D eigenvalue weighted by Gasteiger charge is 2.23. The van der Waals surface area contributed by atoms with Gasteiger partial charge in [0, 0.05) is 17.3 Å². The van der Waals surface area contributed by atoms with Crippen molar-refractivity contribution in [3.05, 3.63) is 69.6 Å². The number of pyridine rings is 1. The number of nitrogens with one attached hydrogen (secondary N) is 2. The van der Waals surface area contributed by atoms with Crippen molar-refractivity contribution in [3.8, 4) is 0 Å². The number of aromatic amines is 1. The van der Waals surface area contributed by atoms with E-state index < -0.39 is 23.9 Å². The van der Waals surface area contributed by atoms with E-state index in [1.807, 2.05) is 44.2 Å². The van der Waals surface area contributed by atoms with E-state index in [1.54, 1.807) is 0 Å². The minimum absolute atomic E-state index is 0.0180. The number of carbonyl (C=O) groups is 1. The Morgan fingerprint density at radius 1 is 1.16 bits per heavy atom. The molecule has 1 atom stereocenters. The number of carbonyl (C=O) groups excluding carboxylic acids is 1. The molecule has 1 aromatic heterocycles. The van der Waals surface area contributed by atoms with Crippen molar-refractivity contribution in [2.24, 2.45) is 0 Å². The lowest BCUT2D eigenvalue weighted by molar-refractivity contribution is 0.0726. The zero-order valence-electron chi connectivity index (χ0n) is 14.3. The molecule has 6 heteroatoms. The molecule has 0 aliphatic heterocycles. The smallest absolute Gasteiger partial charge is 0.258 e. The first-order valence-corrected chi connectivity index (χ1v) is 8.24. The summed E-state index contributed by atoms with van der Waals surface area (Å²) in [4.78, 5) is 26.6. The number of rotatable bonds is 7. The van der Waals surface area contributed by atoms with Crippen LogP contribution in [-0.4, -0.2) is 23.4 Å². The fourth-order valence-corrected chi connectivity index (χ4v) is 2.49. The SMILES string of the molecule is CC(C)c1cc(C(=O)NC(CCc2ccccc2)C(F)F)cc(=O)[nH]1. The molecule has 0 saturated heterocycles. The third-order valence-electron chi connectivity index (χ3n) is 3.96. The van der Waals surface area contributed by atoms with E-state index >= 15 is 0 Å². The number of H-pyrrole nitrogens is 1. The molecular formula is C19H22F2N2O2. The topological polar surface area (TPSA) is 62.0 Å². The quantitative estimate of drug-likeness (QED) is 0.804. The summed E-state index contributed by atoms with van der Waals surface area (Å²) in [5, 5.41) is 2.35. The highest BCUT2D eigenvalue weighted by molar-refractivity contribution is 5.94. The number of aryl methyl sites for hydroxylation is 1. The van der Waals surface area contributed by atoms with Crippen LogP contribution in [-0.2, 0) is 6.42 Å². The van der Waals surface area contributed by atoms with Crippen LogP contribution in [0.2, 0.25) is 0 Å². The molecule has 2 rings (SSSR count). The Morgan fingerprint density at radius 3 is 2.44 bits per heavy atom. The number of benzene rings is 1. The number of aromatic nitrogens is 1. The molecule has 134 valence electrons. The monoisotopic (exact) mass is 348 g/mol. The van der Waals surface area contributed by atoms with Crippen molar-refractivity contribution in [1.29, 1.82) is 0 Å². The van der Waals surface area contributed by atoms with Gasteiger partial charge >= 0.3 is 0 Å². The molecule has 25 heavy (non-hydrogen) atoms. The molecule has 0 spiro atoms. The number of amides is 1. The lowest BCUT2D eigenvalue weighted by Crippen LogP contribution is -2.40. The number of hydrogen-bond donors (Lipinski definition) is 2. The second kappa shape index (κ2) is 8.55. The van der Waals surface area contributed by atoms with Crippen LogP contribution in [0, 0.1) is 0 Å². The van der Waals surface area contributed by atoms with Gasteiger partial charge in [-0.25, -0.2) is 8.78 Å². The van der Waals surface area contributed by atoms with Crippen LogP contribution in [0.4, 0.5) is 8.78 Å². The summed E-state index contributed by atoms with van der Waals surface area (Å²) in [7, 11) is 0. The minimum Gasteiger partial charge on any atom is -0.344 e. The van der Waals surface area contributed by atoms with Gasteiger partial charge in [0.15, 0.2) is 0 Å². The molecule has 0 aliphatic carbocycles. The Hall–Kier alpha value is -2.50. The lowest BCUT2D eigenvalue weighted by atomic mass is 10.0. The maximum atomic E-state index is 13.3. The van der Waals surface area contributed by atoms with Crippen LogP contribution < -0.4 is 10.9 Å². The van der Waals surface area contributed by atoms with Crippen molar-refractivity contribution >= 4 is 5.91 Å². The molecule has 0 saturated carbocycles. The number of alkyl halides is 2. The molecule has 2 N–H and O–H groups in total. The molecular weight excluding hydrogens is 326 g/mol. The van der Waals surface area contributed by atoms with Crippen molar-refractivity contribution in [3.63, 3.8) is 0 Å². The first kappa shape index (κ1) is 18.8. The molecule has 1 heterocycles. The molecule has 0 aliphatic rings. The molecule has 0 radical (unpaired) electrons. The van der Waals surface area contributed by atoms with Gasteiger partial charge in [-0.2, -0.15) is 0 Å². The molecule has 2 aromatic rings. The Labute approximate surface area is 145 Å². The van der Waals surface area contributed by atoms with Gasteiger partial charge in [-0.1, -0.05) is 44.2 Å². The summed E-state index contributed by atoms with van der Waals surface area (Å²) in [6.07, 6.45) is -2.13. The summed E-state index contributed by atoms with van der Waals surface area (Å²) in [5.41, 5.74) is 1.20. The third kappa shape index (κ3) is 5.52. The Balaban J connectivity index is 2.08. The van der Waals surface area contributed by atoms with Gasteiger partial charge in [0.05, 0.1) is 6.04 Å². The summed E-state index contributed by atoms with van der Waals surface area (Å²) < 4.78 is 26.6. The maximum Gasteiger partial charge on any atom is 0.258 e. The summed E-state index contributed by atoms with van der Waals surface area (Å²) in [5.74, 6) is -0.643. The van der Waals surface area contributed by atoms with Gasteiger partial charge in [0.2, 0.25) is 5.56 Å². The summed E-state index contributed by atoms with van der Waals surface area (Å²) in [6, 6.07) is 10.6. The van der Waals surface area contributed by atoms with Crippen LogP contribution in [0.5, 0.6) is 0 Å². The van der Waals surface area contributed by atoms with E-state index in [4.69, 9.17) is 0 Å². The molecule has 0 bridgehead atoms. The largest absolute Gasteiger partial charge is 0.344 e. The van der Waals surface area contributed by atoms with E-state index in [1.165, 1.54) is 6.07 Å². The van der Waals surface area contributed by atoms with Gasteiger partial charge in [-0.05, 0) is 30.4 Å². The first-order valence-electron chi connectivity index (χ1n) is 8.24. The molecule has 0 fully saturated rings. The fraction of sp³-hybridized carbons (Fsp3) is 0.368. The van der Waals surface area contributed by atoms with Gasteiger partial charge < -0.3 is 10.3 Å². The fourth-order valence-electron chi connectivity index (χ4n) is 2.49. The third-order valence-corrected chi connectivity index (χ3v) is 3.96. The molecule has 1 unspecified atom stereocenters. The van der Waals surface area contributed by atoms with Crippen molar-refractivity contribution in [2.75, 3.05) is 0 Å². The summed E-state index contributed by atoms with van der Waals surface area (Å²) >= 11 is 0. The lowest BCUT2D eigenvalue weighted by Gasteiger charge is -2.18. The predicted molar refractivity (Wildman–Crippen MR) is 93.2 cm³/mol. The molecule has 1 aromatic carbocycles. The van der Waals surface area contributed by atoms with Gasteiger partial charge in [0.1, 0.15) is 0 Å². The average molecular weight is 348 g/mol. The highest BCUT2D eigenvalue weighted by atomic mass is 19.3. The van der Waals surface area contributed by atoms with Crippen LogP contribution in [0.15, 0.2) is 47.3 Å². The predicted octanol–water partition coefficient (Wildman–Crippen LogP) is 3.49. The molecule has 4 nitrogen and oxygen atoms in total. The Morgan fingerprint density at radius 2 is 1.84 bits per heavy atom. The highest BCUT2D eigenvalue weighted by Crippen LogP contribution is 2.14. The van der Waals surface area contributed by atoms with Crippen LogP contribution in [0.25, 0.3) is 0 Å². The van der Waals surface area contributed by atoms with Crippen molar-refractivity contribution in [1.82, 2.24) is 10.3 Å². The van der Waals surface area contributed by atoms with Gasteiger partial charge in [0.25, 0.3) is 12.3 Å². The van der Waals surface area contributed by atoms with E-state index in [0.717, 1.165) is 11.6 Å². The van der Waals surface area contributed by atoms with Crippen molar-refractivity contribution < 1.29 is 13.6 Å². The second-order valence-corrected chi connectivity index (χ2v) is 6.28. The number of halogens is 2. The van der Waals surface area contributed by atoms with Gasteiger partial charge in [-0.15, -0.1) is 0 Å². The standard InChI is InChI=1S/C19H22F2N2O2/c1-12(2)16-10-14(11-17(24)22-16)19(25)23-15(18(20)21)9-8-13-6-4-3-5-7-13/h3-7,10-12,15,18H,8-9H2,1-2H3,(H,22,24)(H,23,25). The Kier molecular flexibility index (Phi) is 6.44. The normalized spacial score (nSPS) is 12.4. The zero-order valence-corrected chi connectivity index (χ0v) is 14.3. The average Bonchev–Trinajstić information content (AvgIpc) is 2.58. The second-order valence-electron chi connectivity index (χ2n) is 6.28. The van der Waals surface area contributed by atoms with Crippen LogP contribution in [0.3, 0.4) is 0 Å². The number of hydrogen-bond acceptors (Lipinski definition) is 2. The van der Waals surface area contributed by atoms with Crippen LogP contribution >= 0.6 is 0 Å². The Bertz CT molecular complexity index is 758. The maximum absolute atomic E-state index is 13.3. The van der Waals surface area contributed by atoms with E-state index in [9.17, 15) is 18.4 Å². The first-order chi connectivity index (χ1) is 11.9. The van der Waals surface area contributed by atoms with Gasteiger partial charge in [-0.3, -0.25) is 9.59 Å². The minimum atomic E-state index is -2.68. The zero-order chi connectivity index (χ0) is 18.4. The van der Waals surface area contributed by atoms with E-state index in [-0.39, 0.29) is 17.9 Å². The molecule has 1 amide bonds.